The van der Waals surface area contributed by atoms with Crippen LogP contribution in [0.4, 0.5) is 5.82 Å². The summed E-state index contributed by atoms with van der Waals surface area (Å²) in [4.78, 5) is 4.32. The first-order chi connectivity index (χ1) is 10.1. The summed E-state index contributed by atoms with van der Waals surface area (Å²) < 4.78 is 0. The Bertz CT molecular complexity index is 602. The van der Waals surface area contributed by atoms with E-state index in [0.717, 1.165) is 25.1 Å². The zero-order valence-electron chi connectivity index (χ0n) is 11.9. The summed E-state index contributed by atoms with van der Waals surface area (Å²) in [6.07, 6.45) is 2.06. The summed E-state index contributed by atoms with van der Waals surface area (Å²) in [7, 11) is 0. The molecule has 0 atom stereocenters. The van der Waals surface area contributed by atoms with E-state index in [1.807, 2.05) is 25.1 Å². The van der Waals surface area contributed by atoms with Gasteiger partial charge >= 0.3 is 0 Å². The van der Waals surface area contributed by atoms with Crippen molar-refractivity contribution >= 4 is 34.7 Å². The Morgan fingerprint density at radius 3 is 2.67 bits per heavy atom. The number of halogens is 1. The van der Waals surface area contributed by atoms with Crippen LogP contribution in [0.1, 0.15) is 17.7 Å². The lowest BCUT2D eigenvalue weighted by atomic mass is 10.1. The molecule has 0 saturated heterocycles. The molecule has 0 bridgehead atoms. The van der Waals surface area contributed by atoms with Gasteiger partial charge in [0.05, 0.1) is 10.7 Å². The Kier molecular flexibility index (Phi) is 5.96. The lowest BCUT2D eigenvalue weighted by molar-refractivity contribution is 0.777. The molecule has 0 amide bonds. The molecule has 0 aliphatic carbocycles. The van der Waals surface area contributed by atoms with Crippen molar-refractivity contribution in [1.82, 2.24) is 10.3 Å². The van der Waals surface area contributed by atoms with Crippen LogP contribution in [0, 0.1) is 6.92 Å². The van der Waals surface area contributed by atoms with Crippen molar-refractivity contribution < 1.29 is 0 Å². The highest BCUT2D eigenvalue weighted by Crippen LogP contribution is 2.15. The van der Waals surface area contributed by atoms with E-state index in [0.29, 0.717) is 16.0 Å². The largest absolute Gasteiger partial charge is 0.362 e. The number of aryl methyl sites for hydroxylation is 2. The average Bonchev–Trinajstić information content (AvgIpc) is 2.49. The predicted molar refractivity (Wildman–Crippen MR) is 93.0 cm³/mol. The van der Waals surface area contributed by atoms with Crippen LogP contribution in [0.2, 0.25) is 5.02 Å². The van der Waals surface area contributed by atoms with Crippen molar-refractivity contribution in [2.75, 3.05) is 11.9 Å². The van der Waals surface area contributed by atoms with Crippen LogP contribution in [0.5, 0.6) is 0 Å². The zero-order chi connectivity index (χ0) is 15.1. The minimum atomic E-state index is 0.581. The number of anilines is 1. The molecule has 1 aromatic carbocycles. The summed E-state index contributed by atoms with van der Waals surface area (Å²) in [5.41, 5.74) is 2.13. The van der Waals surface area contributed by atoms with Gasteiger partial charge < -0.3 is 10.6 Å². The van der Waals surface area contributed by atoms with E-state index in [1.165, 1.54) is 5.56 Å². The van der Waals surface area contributed by atoms with Gasteiger partial charge in [-0.2, -0.15) is 0 Å². The van der Waals surface area contributed by atoms with E-state index < -0.39 is 0 Å². The molecule has 0 aliphatic heterocycles. The SMILES string of the molecule is Cc1nc(NC(=S)NCCCc2ccccc2)ccc1Cl. The molecule has 2 rings (SSSR count). The first-order valence-corrected chi connectivity index (χ1v) is 7.66. The number of hydrogen-bond acceptors (Lipinski definition) is 2. The molecule has 1 heterocycles. The molecule has 1 aromatic heterocycles. The van der Waals surface area contributed by atoms with Crippen molar-refractivity contribution in [3.63, 3.8) is 0 Å². The van der Waals surface area contributed by atoms with Crippen molar-refractivity contribution in [3.05, 3.63) is 58.7 Å². The molecular formula is C16H18ClN3S. The normalized spacial score (nSPS) is 10.2. The Morgan fingerprint density at radius 2 is 1.95 bits per heavy atom. The van der Waals surface area contributed by atoms with Gasteiger partial charge in [-0.25, -0.2) is 4.98 Å². The zero-order valence-corrected chi connectivity index (χ0v) is 13.5. The van der Waals surface area contributed by atoms with Gasteiger partial charge in [-0.3, -0.25) is 0 Å². The molecule has 110 valence electrons. The summed E-state index contributed by atoms with van der Waals surface area (Å²) in [6.45, 7) is 2.69. The van der Waals surface area contributed by atoms with Crippen LogP contribution < -0.4 is 10.6 Å². The lowest BCUT2D eigenvalue weighted by Crippen LogP contribution is -2.29. The van der Waals surface area contributed by atoms with Crippen molar-refractivity contribution in [3.8, 4) is 0 Å². The fraction of sp³-hybridized carbons (Fsp3) is 0.250. The molecule has 0 radical (unpaired) electrons. The Balaban J connectivity index is 1.71. The highest BCUT2D eigenvalue weighted by Gasteiger charge is 2.01. The van der Waals surface area contributed by atoms with E-state index in [4.69, 9.17) is 23.8 Å². The second-order valence-corrected chi connectivity index (χ2v) is 5.55. The topological polar surface area (TPSA) is 37.0 Å². The van der Waals surface area contributed by atoms with Gasteiger partial charge in [0.2, 0.25) is 0 Å². The van der Waals surface area contributed by atoms with Crippen LogP contribution >= 0.6 is 23.8 Å². The van der Waals surface area contributed by atoms with Crippen LogP contribution in [-0.2, 0) is 6.42 Å². The summed E-state index contributed by atoms with van der Waals surface area (Å²) >= 11 is 11.2. The third-order valence-electron chi connectivity index (χ3n) is 3.03. The van der Waals surface area contributed by atoms with E-state index in [2.05, 4.69) is 39.9 Å². The van der Waals surface area contributed by atoms with Crippen LogP contribution in [0.25, 0.3) is 0 Å². The average molecular weight is 320 g/mol. The second kappa shape index (κ2) is 7.96. The molecule has 2 N–H and O–H groups in total. The smallest absolute Gasteiger partial charge is 0.171 e. The number of rotatable bonds is 5. The summed E-state index contributed by atoms with van der Waals surface area (Å²) in [5, 5.41) is 7.48. The fourth-order valence-corrected chi connectivity index (χ4v) is 2.23. The van der Waals surface area contributed by atoms with Gasteiger partial charge in [0, 0.05) is 6.54 Å². The molecular weight excluding hydrogens is 302 g/mol. The lowest BCUT2D eigenvalue weighted by Gasteiger charge is -2.10. The number of nitrogens with zero attached hydrogens (tertiary/aromatic N) is 1. The van der Waals surface area contributed by atoms with E-state index in [1.54, 1.807) is 0 Å². The molecule has 0 unspecified atom stereocenters. The van der Waals surface area contributed by atoms with E-state index in [9.17, 15) is 0 Å². The molecule has 5 heteroatoms. The van der Waals surface area contributed by atoms with Crippen molar-refractivity contribution in [2.24, 2.45) is 0 Å². The van der Waals surface area contributed by atoms with Gasteiger partial charge in [0.15, 0.2) is 5.11 Å². The molecule has 0 aliphatic rings. The quantitative estimate of drug-likeness (QED) is 0.646. The highest BCUT2D eigenvalue weighted by molar-refractivity contribution is 7.80. The predicted octanol–water partition coefficient (Wildman–Crippen LogP) is 3.96. The number of hydrogen-bond donors (Lipinski definition) is 2. The summed E-state index contributed by atoms with van der Waals surface area (Å²) in [6, 6.07) is 14.0. The number of benzene rings is 1. The Morgan fingerprint density at radius 1 is 1.19 bits per heavy atom. The number of nitrogens with one attached hydrogen (secondary N) is 2. The Labute approximate surface area is 135 Å². The minimum absolute atomic E-state index is 0.581. The van der Waals surface area contributed by atoms with Gasteiger partial charge in [0.25, 0.3) is 0 Å². The fourth-order valence-electron chi connectivity index (χ4n) is 1.91. The molecule has 2 aromatic rings. The molecule has 21 heavy (non-hydrogen) atoms. The van der Waals surface area contributed by atoms with Crippen molar-refractivity contribution in [2.45, 2.75) is 19.8 Å². The van der Waals surface area contributed by atoms with Gasteiger partial charge in [-0.1, -0.05) is 41.9 Å². The van der Waals surface area contributed by atoms with Gasteiger partial charge in [-0.05, 0) is 49.7 Å². The second-order valence-electron chi connectivity index (χ2n) is 4.73. The minimum Gasteiger partial charge on any atom is -0.362 e. The third kappa shape index (κ3) is 5.33. The van der Waals surface area contributed by atoms with Gasteiger partial charge in [-0.15, -0.1) is 0 Å². The van der Waals surface area contributed by atoms with Gasteiger partial charge in [0.1, 0.15) is 5.82 Å². The third-order valence-corrected chi connectivity index (χ3v) is 3.68. The highest BCUT2D eigenvalue weighted by atomic mass is 35.5. The summed E-state index contributed by atoms with van der Waals surface area (Å²) in [5.74, 6) is 0.706. The molecule has 0 saturated carbocycles. The van der Waals surface area contributed by atoms with Crippen LogP contribution in [0.3, 0.4) is 0 Å². The molecule has 0 spiro atoms. The number of pyridine rings is 1. The molecule has 3 nitrogen and oxygen atoms in total. The van der Waals surface area contributed by atoms with E-state index in [-0.39, 0.29) is 0 Å². The van der Waals surface area contributed by atoms with E-state index >= 15 is 0 Å². The standard InChI is InChI=1S/C16H18ClN3S/c1-12-14(17)9-10-15(19-12)20-16(21)18-11-5-8-13-6-3-2-4-7-13/h2-4,6-7,9-10H,5,8,11H2,1H3,(H2,18,19,20,21). The molecule has 0 fully saturated rings. The maximum atomic E-state index is 5.94. The maximum absolute atomic E-state index is 5.94. The number of aromatic nitrogens is 1. The first-order valence-electron chi connectivity index (χ1n) is 6.87. The van der Waals surface area contributed by atoms with Crippen molar-refractivity contribution in [1.29, 1.82) is 0 Å². The monoisotopic (exact) mass is 319 g/mol. The maximum Gasteiger partial charge on any atom is 0.171 e. The number of thiocarbonyl (C=S) groups is 1. The Hall–Kier alpha value is -1.65. The van der Waals surface area contributed by atoms with Crippen LogP contribution in [0.15, 0.2) is 42.5 Å². The van der Waals surface area contributed by atoms with Crippen LogP contribution in [-0.4, -0.2) is 16.6 Å². The first kappa shape index (κ1) is 15.7.